The van der Waals surface area contributed by atoms with Crippen molar-refractivity contribution in [2.45, 2.75) is 165 Å². The number of hydrogen-bond donors (Lipinski definition) is 18. The van der Waals surface area contributed by atoms with Crippen LogP contribution < -0.4 is 71.2 Å². The van der Waals surface area contributed by atoms with Crippen molar-refractivity contribution in [3.8, 4) is 11.5 Å². The van der Waals surface area contributed by atoms with Crippen molar-refractivity contribution in [3.05, 3.63) is 95.6 Å². The monoisotopic (exact) mass is 1310 g/mol. The minimum atomic E-state index is -1.89. The molecule has 0 aliphatic carbocycles. The van der Waals surface area contributed by atoms with Crippen molar-refractivity contribution in [3.63, 3.8) is 0 Å². The molecule has 9 amide bonds. The first-order valence-corrected chi connectivity index (χ1v) is 30.7. The van der Waals surface area contributed by atoms with Crippen LogP contribution in [0.15, 0.2) is 88.8 Å². The minimum Gasteiger partial charge on any atom is -0.508 e. The molecule has 0 saturated carbocycles. The molecule has 1 fully saturated rings. The number of carbonyl (C=O) groups excluding carboxylic acids is 9. The molecule has 0 radical (unpaired) electrons. The number of nitrogens with two attached hydrogens (primary N) is 5. The second-order valence-corrected chi connectivity index (χ2v) is 23.5. The summed E-state index contributed by atoms with van der Waals surface area (Å²) in [5.41, 5.74) is 29.1. The van der Waals surface area contributed by atoms with E-state index in [1.807, 2.05) is 0 Å². The zero-order valence-electron chi connectivity index (χ0n) is 53.2. The van der Waals surface area contributed by atoms with E-state index in [1.165, 1.54) is 60.4 Å². The van der Waals surface area contributed by atoms with Gasteiger partial charge in [-0.15, -0.1) is 0 Å². The Labute approximate surface area is 543 Å². The fraction of sp³-hybridized carbons (Fsp3) is 0.500. The van der Waals surface area contributed by atoms with Gasteiger partial charge in [0.25, 0.3) is 0 Å². The number of carbonyl (C=O) groups is 11. The Morgan fingerprint density at radius 1 is 0.511 bits per heavy atom. The number of benzene rings is 3. The standard InChI is InChI=1S/C62H90N16O16/c1-32(2)49(76-56(89)46-16-11-27-78(46)59(92)50(33(3)4)77-52(85)41(15-10-26-69-62(66)67)70-51(84)40(14-9-25-68-61(64)65)71-57(90)48(63)34(5)79)58(91)74-43(29-36-17-21-38(80)22-18-36)54(87)72-42(28-35-12-7-6-8-13-35)53(86)73-44(31-47(82)83)55(88)75-45(60(93)94)30-37-19-23-39(81)24-20-37/h6-8,12-13,17-24,32-34,40-46,48-50,79-81H,9-11,14-16,25-31,63H2,1-5H3,(H,70,84)(H,71,90)(H,72,87)(H,73,86)(H,74,91)(H,75,88)(H,76,89)(H,77,85)(H,82,83)(H,93,94)(H4,64,65,68)(H4,66,67,69)/t34-,40+,41+,42+,43+,44+,45+,46+,48+,49+,50+/m1/s1. The number of aliphatic imine (C=N–C) groups is 2. The maximum atomic E-state index is 14.7. The van der Waals surface area contributed by atoms with Gasteiger partial charge in [-0.2, -0.15) is 0 Å². The quantitative estimate of drug-likeness (QED) is 0.0153. The van der Waals surface area contributed by atoms with Gasteiger partial charge in [-0.05, 0) is 98.2 Å². The first-order chi connectivity index (χ1) is 44.3. The Morgan fingerprint density at radius 2 is 0.915 bits per heavy atom. The molecule has 1 heterocycles. The number of aliphatic carboxylic acids is 2. The van der Waals surface area contributed by atoms with E-state index in [9.17, 15) is 78.3 Å². The zero-order valence-corrected chi connectivity index (χ0v) is 53.2. The molecule has 94 heavy (non-hydrogen) atoms. The second kappa shape index (κ2) is 37.4. The molecule has 11 atom stereocenters. The Hall–Kier alpha value is -10.1. The number of aliphatic hydroxyl groups excluding tert-OH is 1. The molecule has 0 bridgehead atoms. The SMILES string of the molecule is CC(C)[C@H](NC(=O)[C@@H]1CCCN1C(=O)[C@@H](NC(=O)[C@H](CCCN=C(N)N)NC(=O)[C@H](CCCN=C(N)N)NC(=O)[C@@H](N)[C@@H](C)O)C(C)C)C(=O)N[C@@H](Cc1ccc(O)cc1)C(=O)N[C@@H](Cc1ccccc1)C(=O)N[C@@H](CC(=O)O)C(=O)N[C@@H](Cc1ccc(O)cc1)C(=O)O. The molecule has 514 valence electrons. The molecule has 1 aliphatic heterocycles. The van der Waals surface area contributed by atoms with E-state index in [0.717, 1.165) is 0 Å². The Kier molecular flexibility index (Phi) is 30.4. The van der Waals surface area contributed by atoms with Crippen LogP contribution in [-0.2, 0) is 72.0 Å². The van der Waals surface area contributed by atoms with E-state index < -0.39 is 150 Å². The largest absolute Gasteiger partial charge is 0.508 e. The van der Waals surface area contributed by atoms with Crippen LogP contribution in [0.25, 0.3) is 0 Å². The molecule has 0 unspecified atom stereocenters. The Morgan fingerprint density at radius 3 is 1.37 bits per heavy atom. The summed E-state index contributed by atoms with van der Waals surface area (Å²) in [5.74, 6) is -13.1. The van der Waals surface area contributed by atoms with Gasteiger partial charge in [0.1, 0.15) is 71.9 Å². The van der Waals surface area contributed by atoms with Gasteiger partial charge in [0.15, 0.2) is 11.9 Å². The number of phenols is 2. The number of carboxylic acids is 2. The Bertz CT molecular complexity index is 3140. The van der Waals surface area contributed by atoms with Crippen LogP contribution in [0.3, 0.4) is 0 Å². The lowest BCUT2D eigenvalue weighted by molar-refractivity contribution is -0.143. The molecule has 1 aliphatic rings. The van der Waals surface area contributed by atoms with Crippen molar-refractivity contribution in [1.82, 2.24) is 47.4 Å². The minimum absolute atomic E-state index is 0.0312. The third-order valence-corrected chi connectivity index (χ3v) is 15.2. The number of amides is 9. The predicted molar refractivity (Wildman–Crippen MR) is 343 cm³/mol. The number of hydrogen-bond acceptors (Lipinski definition) is 17. The summed E-state index contributed by atoms with van der Waals surface area (Å²) in [6.45, 7) is 7.93. The fourth-order valence-corrected chi connectivity index (χ4v) is 10.0. The zero-order chi connectivity index (χ0) is 69.9. The molecule has 4 rings (SSSR count). The summed E-state index contributed by atoms with van der Waals surface area (Å²) >= 11 is 0. The molecule has 23 N–H and O–H groups in total. The highest BCUT2D eigenvalue weighted by Crippen LogP contribution is 2.22. The maximum absolute atomic E-state index is 14.7. The van der Waals surface area contributed by atoms with Crippen LogP contribution in [0, 0.1) is 11.8 Å². The van der Waals surface area contributed by atoms with Crippen LogP contribution in [0.2, 0.25) is 0 Å². The summed E-state index contributed by atoms with van der Waals surface area (Å²) in [5, 5.41) is 70.2. The molecule has 0 spiro atoms. The third kappa shape index (κ3) is 25.2. The van der Waals surface area contributed by atoms with E-state index in [-0.39, 0.29) is 94.4 Å². The number of aliphatic hydroxyl groups is 1. The number of phenolic OH excluding ortho intramolecular Hbond substituents is 2. The first-order valence-electron chi connectivity index (χ1n) is 30.7. The number of guanidine groups is 2. The van der Waals surface area contributed by atoms with Crippen LogP contribution in [0.4, 0.5) is 0 Å². The molecule has 32 heteroatoms. The van der Waals surface area contributed by atoms with Crippen LogP contribution >= 0.6 is 0 Å². The number of rotatable bonds is 37. The molecule has 1 saturated heterocycles. The fourth-order valence-electron chi connectivity index (χ4n) is 10.0. The average Bonchev–Trinajstić information content (AvgIpc) is 1.56. The normalized spacial score (nSPS) is 15.9. The van der Waals surface area contributed by atoms with Gasteiger partial charge < -0.3 is 102 Å². The van der Waals surface area contributed by atoms with Gasteiger partial charge in [-0.25, -0.2) is 4.79 Å². The molecular weight excluding hydrogens is 1220 g/mol. The Balaban J connectivity index is 1.60. The topological polar surface area (TPSA) is 543 Å². The summed E-state index contributed by atoms with van der Waals surface area (Å²) in [6, 6.07) is 4.63. The number of carboxylic acid groups (broad SMARTS) is 2. The van der Waals surface area contributed by atoms with E-state index in [4.69, 9.17) is 28.7 Å². The van der Waals surface area contributed by atoms with Gasteiger partial charge >= 0.3 is 11.9 Å². The third-order valence-electron chi connectivity index (χ3n) is 15.2. The van der Waals surface area contributed by atoms with Gasteiger partial charge in [0.05, 0.1) is 12.5 Å². The van der Waals surface area contributed by atoms with Crippen molar-refractivity contribution in [1.29, 1.82) is 0 Å². The lowest BCUT2D eigenvalue weighted by Crippen LogP contribution is -2.62. The van der Waals surface area contributed by atoms with E-state index >= 15 is 0 Å². The highest BCUT2D eigenvalue weighted by atomic mass is 16.4. The van der Waals surface area contributed by atoms with Gasteiger partial charge in [0.2, 0.25) is 53.2 Å². The lowest BCUT2D eigenvalue weighted by Gasteiger charge is -2.33. The number of nitrogens with one attached hydrogen (secondary N) is 8. The second-order valence-electron chi connectivity index (χ2n) is 23.5. The smallest absolute Gasteiger partial charge is 0.326 e. The van der Waals surface area contributed by atoms with Gasteiger partial charge in [-0.3, -0.25) is 57.9 Å². The lowest BCUT2D eigenvalue weighted by atomic mass is 9.99. The van der Waals surface area contributed by atoms with Crippen molar-refractivity contribution < 1.29 is 78.3 Å². The molecule has 3 aromatic carbocycles. The number of likely N-dealkylation sites (tertiary alicyclic amines) is 1. The summed E-state index contributed by atoms with van der Waals surface area (Å²) in [7, 11) is 0. The van der Waals surface area contributed by atoms with Crippen molar-refractivity contribution >= 4 is 77.0 Å². The summed E-state index contributed by atoms with van der Waals surface area (Å²) < 4.78 is 0. The average molecular weight is 1320 g/mol. The summed E-state index contributed by atoms with van der Waals surface area (Å²) in [4.78, 5) is 162. The van der Waals surface area contributed by atoms with E-state index in [0.29, 0.717) is 23.1 Å². The van der Waals surface area contributed by atoms with Crippen molar-refractivity contribution in [2.24, 2.45) is 50.5 Å². The van der Waals surface area contributed by atoms with E-state index in [2.05, 4.69) is 52.5 Å². The number of nitrogens with zero attached hydrogens (tertiary/aromatic N) is 3. The molecule has 32 nitrogen and oxygen atoms in total. The first kappa shape index (κ1) is 76.3. The maximum Gasteiger partial charge on any atom is 0.326 e. The predicted octanol–water partition coefficient (Wildman–Crippen LogP) is -3.32. The highest BCUT2D eigenvalue weighted by Gasteiger charge is 2.42. The molecule has 3 aromatic rings. The summed E-state index contributed by atoms with van der Waals surface area (Å²) in [6.07, 6.45) is -2.52. The van der Waals surface area contributed by atoms with Gasteiger partial charge in [0, 0.05) is 38.9 Å². The van der Waals surface area contributed by atoms with Crippen LogP contribution in [0.1, 0.15) is 96.3 Å². The van der Waals surface area contributed by atoms with E-state index in [1.54, 1.807) is 58.0 Å². The highest BCUT2D eigenvalue weighted by molar-refractivity contribution is 5.99. The van der Waals surface area contributed by atoms with Crippen molar-refractivity contribution in [2.75, 3.05) is 19.6 Å². The molecule has 0 aromatic heterocycles. The van der Waals surface area contributed by atoms with Gasteiger partial charge in [-0.1, -0.05) is 82.3 Å². The number of aromatic hydroxyl groups is 2. The molecular formula is C62H90N16O16. The van der Waals surface area contributed by atoms with Crippen LogP contribution in [-0.4, -0.2) is 194 Å². The van der Waals surface area contributed by atoms with Crippen LogP contribution in [0.5, 0.6) is 11.5 Å².